The summed E-state index contributed by atoms with van der Waals surface area (Å²) in [6.07, 6.45) is 25.0. The molecule has 1 aliphatic rings. The van der Waals surface area contributed by atoms with E-state index in [1.165, 1.54) is 95.5 Å². The lowest BCUT2D eigenvalue weighted by molar-refractivity contribution is 0.202. The van der Waals surface area contributed by atoms with Gasteiger partial charge in [-0.05, 0) is 63.1 Å². The number of aryl methyl sites for hydroxylation is 1. The van der Waals surface area contributed by atoms with E-state index in [-0.39, 0.29) is 5.60 Å². The van der Waals surface area contributed by atoms with Crippen molar-refractivity contribution < 1.29 is 9.47 Å². The molecule has 1 aliphatic heterocycles. The van der Waals surface area contributed by atoms with Crippen LogP contribution in [0.15, 0.2) is 36.4 Å². The van der Waals surface area contributed by atoms with Crippen LogP contribution in [0, 0.1) is 0 Å². The van der Waals surface area contributed by atoms with Crippen molar-refractivity contribution >= 4 is 0 Å². The molecule has 0 saturated carbocycles. The van der Waals surface area contributed by atoms with Crippen LogP contribution in [-0.4, -0.2) is 18.8 Å². The van der Waals surface area contributed by atoms with Crippen LogP contribution in [0.3, 0.4) is 0 Å². The summed E-state index contributed by atoms with van der Waals surface area (Å²) < 4.78 is 11.3. The van der Waals surface area contributed by atoms with Gasteiger partial charge in [-0.2, -0.15) is 0 Å². The van der Waals surface area contributed by atoms with Gasteiger partial charge in [-0.3, -0.25) is 0 Å². The summed E-state index contributed by atoms with van der Waals surface area (Å²) >= 11 is 0. The van der Waals surface area contributed by atoms with E-state index in [1.54, 1.807) is 0 Å². The van der Waals surface area contributed by atoms with E-state index in [4.69, 9.17) is 9.47 Å². The molecule has 1 unspecified atom stereocenters. The lowest BCUT2D eigenvalue weighted by atomic mass is 10.0. The zero-order valence-electron chi connectivity index (χ0n) is 19.8. The van der Waals surface area contributed by atoms with Crippen LogP contribution < -0.4 is 4.74 Å². The second-order valence-corrected chi connectivity index (χ2v) is 9.36. The molecule has 0 N–H and O–H groups in total. The number of benzene rings is 1. The van der Waals surface area contributed by atoms with Gasteiger partial charge in [0.25, 0.3) is 0 Å². The Hall–Kier alpha value is -1.28. The summed E-state index contributed by atoms with van der Waals surface area (Å²) in [7, 11) is 0. The number of rotatable bonds is 19. The molecular weight excluding hydrogens is 368 g/mol. The molecule has 1 fully saturated rings. The van der Waals surface area contributed by atoms with Gasteiger partial charge in [0.05, 0.1) is 6.61 Å². The highest BCUT2D eigenvalue weighted by Gasteiger charge is 2.40. The van der Waals surface area contributed by atoms with Gasteiger partial charge in [0.2, 0.25) is 0 Å². The molecule has 0 aliphatic carbocycles. The lowest BCUT2D eigenvalue weighted by Crippen LogP contribution is -2.16. The van der Waals surface area contributed by atoms with Crippen LogP contribution in [0.4, 0.5) is 0 Å². The minimum absolute atomic E-state index is 0.0411. The molecular formula is C28H46O2. The Bertz CT molecular complexity index is 574. The van der Waals surface area contributed by atoms with Gasteiger partial charge >= 0.3 is 0 Å². The Labute approximate surface area is 186 Å². The summed E-state index contributed by atoms with van der Waals surface area (Å²) in [5, 5.41) is 0. The van der Waals surface area contributed by atoms with Crippen LogP contribution in [0.25, 0.3) is 0 Å². The molecule has 0 bridgehead atoms. The second kappa shape index (κ2) is 15.5. The summed E-state index contributed by atoms with van der Waals surface area (Å²) in [6.45, 7) is 5.86. The Morgan fingerprint density at radius 1 is 0.867 bits per heavy atom. The first-order chi connectivity index (χ1) is 14.7. The molecule has 1 saturated heterocycles. The van der Waals surface area contributed by atoms with Crippen molar-refractivity contribution in [2.24, 2.45) is 0 Å². The monoisotopic (exact) mass is 414 g/mol. The fourth-order valence-corrected chi connectivity index (χ4v) is 3.81. The zero-order valence-corrected chi connectivity index (χ0v) is 19.8. The minimum Gasteiger partial charge on any atom is -0.490 e. The first kappa shape index (κ1) is 25.0. The van der Waals surface area contributed by atoms with Crippen molar-refractivity contribution in [3.8, 4) is 5.75 Å². The van der Waals surface area contributed by atoms with Gasteiger partial charge in [0.15, 0.2) is 0 Å². The molecule has 2 rings (SSSR count). The Morgan fingerprint density at radius 2 is 1.47 bits per heavy atom. The van der Waals surface area contributed by atoms with Crippen molar-refractivity contribution in [2.45, 2.75) is 116 Å². The molecule has 1 atom stereocenters. The number of allylic oxidation sites excluding steroid dienone is 2. The van der Waals surface area contributed by atoms with E-state index in [0.717, 1.165) is 18.8 Å². The molecule has 0 spiro atoms. The van der Waals surface area contributed by atoms with Crippen molar-refractivity contribution in [3.05, 3.63) is 42.0 Å². The minimum atomic E-state index is -0.0411. The number of hydrogen-bond acceptors (Lipinski definition) is 2. The molecule has 2 nitrogen and oxygen atoms in total. The zero-order chi connectivity index (χ0) is 21.3. The molecule has 1 heterocycles. The molecule has 1 aromatic rings. The predicted molar refractivity (Wildman–Crippen MR) is 129 cm³/mol. The molecule has 30 heavy (non-hydrogen) atoms. The van der Waals surface area contributed by atoms with Gasteiger partial charge in [-0.15, -0.1) is 0 Å². The van der Waals surface area contributed by atoms with E-state index >= 15 is 0 Å². The molecule has 170 valence electrons. The molecule has 0 radical (unpaired) electrons. The van der Waals surface area contributed by atoms with E-state index < -0.39 is 0 Å². The van der Waals surface area contributed by atoms with Gasteiger partial charge in [0, 0.05) is 0 Å². The molecule has 0 aromatic heterocycles. The first-order valence-corrected chi connectivity index (χ1v) is 12.7. The highest BCUT2D eigenvalue weighted by molar-refractivity contribution is 5.28. The van der Waals surface area contributed by atoms with Crippen LogP contribution in [0.2, 0.25) is 0 Å². The fourth-order valence-electron chi connectivity index (χ4n) is 3.81. The average Bonchev–Trinajstić information content (AvgIpc) is 3.50. The third-order valence-electron chi connectivity index (χ3n) is 6.06. The second-order valence-electron chi connectivity index (χ2n) is 9.36. The highest BCUT2D eigenvalue weighted by Crippen LogP contribution is 2.27. The number of ether oxygens (including phenoxy) is 2. The first-order valence-electron chi connectivity index (χ1n) is 12.7. The summed E-state index contributed by atoms with van der Waals surface area (Å²) in [4.78, 5) is 0. The Balaban J connectivity index is 1.37. The number of epoxide rings is 1. The standard InChI is InChI=1S/C28H46O2/c1-3-4-5-6-7-8-9-10-11-12-13-14-15-16-17-18-20-26-21-19-22-27(23-26)29-24-28(2)25-30-28/h8-9,19,21-23H,3-7,10-18,20,24-25H2,1-2H3/b9-8+. The van der Waals surface area contributed by atoms with Crippen molar-refractivity contribution in [1.82, 2.24) is 0 Å². The number of unbranched alkanes of at least 4 members (excludes halogenated alkanes) is 12. The van der Waals surface area contributed by atoms with E-state index in [2.05, 4.69) is 50.3 Å². The third-order valence-corrected chi connectivity index (χ3v) is 6.06. The summed E-state index contributed by atoms with van der Waals surface area (Å²) in [5.41, 5.74) is 1.36. The smallest absolute Gasteiger partial charge is 0.123 e. The highest BCUT2D eigenvalue weighted by atomic mass is 16.6. The normalized spacial score (nSPS) is 18.2. The van der Waals surface area contributed by atoms with Gasteiger partial charge < -0.3 is 9.47 Å². The predicted octanol–water partition coefficient (Wildman–Crippen LogP) is 8.43. The van der Waals surface area contributed by atoms with Crippen molar-refractivity contribution in [2.75, 3.05) is 13.2 Å². The lowest BCUT2D eigenvalue weighted by Gasteiger charge is -2.10. The van der Waals surface area contributed by atoms with Crippen LogP contribution in [0.5, 0.6) is 5.75 Å². The molecule has 2 heteroatoms. The topological polar surface area (TPSA) is 21.8 Å². The summed E-state index contributed by atoms with van der Waals surface area (Å²) in [5.74, 6) is 0.982. The van der Waals surface area contributed by atoms with Crippen LogP contribution in [-0.2, 0) is 11.2 Å². The maximum absolute atomic E-state index is 5.88. The van der Waals surface area contributed by atoms with Gasteiger partial charge in [0.1, 0.15) is 18.0 Å². The van der Waals surface area contributed by atoms with E-state index in [1.807, 2.05) is 0 Å². The van der Waals surface area contributed by atoms with Crippen molar-refractivity contribution in [3.63, 3.8) is 0 Å². The maximum atomic E-state index is 5.88. The quantitative estimate of drug-likeness (QED) is 0.129. The fraction of sp³-hybridized carbons (Fsp3) is 0.714. The SMILES string of the molecule is CCCCCC/C=C/CCCCCCCCCCc1cccc(OCC2(C)CO2)c1. The third kappa shape index (κ3) is 12.4. The van der Waals surface area contributed by atoms with Crippen LogP contribution >= 0.6 is 0 Å². The van der Waals surface area contributed by atoms with E-state index in [9.17, 15) is 0 Å². The Morgan fingerprint density at radius 3 is 2.10 bits per heavy atom. The number of hydrogen-bond donors (Lipinski definition) is 0. The maximum Gasteiger partial charge on any atom is 0.123 e. The molecule has 0 amide bonds. The van der Waals surface area contributed by atoms with Gasteiger partial charge in [-0.25, -0.2) is 0 Å². The van der Waals surface area contributed by atoms with Crippen LogP contribution in [0.1, 0.15) is 109 Å². The Kier molecular flexibility index (Phi) is 12.9. The average molecular weight is 415 g/mol. The van der Waals surface area contributed by atoms with Gasteiger partial charge in [-0.1, -0.05) is 89.0 Å². The largest absolute Gasteiger partial charge is 0.490 e. The molecule has 1 aromatic carbocycles. The van der Waals surface area contributed by atoms with Crippen molar-refractivity contribution in [1.29, 1.82) is 0 Å². The summed E-state index contributed by atoms with van der Waals surface area (Å²) in [6, 6.07) is 8.59. The van der Waals surface area contributed by atoms with E-state index in [0.29, 0.717) is 6.61 Å².